The molecule has 0 bridgehead atoms. The Kier molecular flexibility index (Phi) is 5.98. The number of ether oxygens (including phenoxy) is 2. The van der Waals surface area contributed by atoms with Gasteiger partial charge in [-0.3, -0.25) is 9.48 Å². The lowest BCUT2D eigenvalue weighted by Crippen LogP contribution is -2.36. The predicted octanol–water partition coefficient (Wildman–Crippen LogP) is 2.43. The Bertz CT molecular complexity index is 904. The number of thiophene rings is 1. The van der Waals surface area contributed by atoms with Crippen LogP contribution in [0.25, 0.3) is 0 Å². The van der Waals surface area contributed by atoms with E-state index < -0.39 is 18.0 Å². The molecule has 0 spiro atoms. The number of fused-ring (bicyclic) bond motifs is 1. The van der Waals surface area contributed by atoms with Crippen LogP contribution in [0.4, 0.5) is 9.80 Å². The van der Waals surface area contributed by atoms with Gasteiger partial charge >= 0.3 is 12.1 Å². The van der Waals surface area contributed by atoms with E-state index in [0.29, 0.717) is 36.7 Å². The van der Waals surface area contributed by atoms with Gasteiger partial charge in [0.15, 0.2) is 5.69 Å². The van der Waals surface area contributed by atoms with Crippen molar-refractivity contribution in [2.75, 3.05) is 25.1 Å². The number of aromatic nitrogens is 2. The van der Waals surface area contributed by atoms with E-state index in [9.17, 15) is 14.4 Å². The van der Waals surface area contributed by atoms with Crippen molar-refractivity contribution in [3.8, 4) is 0 Å². The van der Waals surface area contributed by atoms with E-state index in [4.69, 9.17) is 9.47 Å². The molecule has 0 saturated carbocycles. The Morgan fingerprint density at radius 2 is 2.00 bits per heavy atom. The lowest BCUT2D eigenvalue weighted by atomic mass is 10.0. The number of nitrogens with one attached hydrogen (secondary N) is 1. The summed E-state index contributed by atoms with van der Waals surface area (Å²) in [7, 11) is 1.72. The topological polar surface area (TPSA) is 103 Å². The van der Waals surface area contributed by atoms with Crippen LogP contribution in [0.5, 0.6) is 0 Å². The van der Waals surface area contributed by atoms with Crippen molar-refractivity contribution in [2.24, 2.45) is 7.05 Å². The highest BCUT2D eigenvalue weighted by Gasteiger charge is 2.31. The molecule has 0 atom stereocenters. The van der Waals surface area contributed by atoms with Crippen molar-refractivity contribution in [1.82, 2.24) is 14.7 Å². The fourth-order valence-corrected chi connectivity index (χ4v) is 4.23. The summed E-state index contributed by atoms with van der Waals surface area (Å²) in [5.74, 6) is -0.895. The molecular weight excluding hydrogens is 384 g/mol. The summed E-state index contributed by atoms with van der Waals surface area (Å²) >= 11 is 1.27. The zero-order chi connectivity index (χ0) is 20.3. The number of carbonyl (C=O) groups excluding carboxylic acids is 3. The molecular formula is C18H22N4O5S. The molecule has 150 valence electrons. The Balaban J connectivity index is 1.90. The van der Waals surface area contributed by atoms with Gasteiger partial charge in [-0.1, -0.05) is 0 Å². The predicted molar refractivity (Wildman–Crippen MR) is 103 cm³/mol. The molecule has 0 saturated heterocycles. The third-order valence-electron chi connectivity index (χ3n) is 4.24. The second-order valence-corrected chi connectivity index (χ2v) is 7.23. The van der Waals surface area contributed by atoms with Gasteiger partial charge < -0.3 is 19.7 Å². The van der Waals surface area contributed by atoms with Crippen LogP contribution in [0.1, 0.15) is 45.1 Å². The minimum absolute atomic E-state index is 0.228. The van der Waals surface area contributed by atoms with Crippen LogP contribution >= 0.6 is 11.3 Å². The summed E-state index contributed by atoms with van der Waals surface area (Å²) in [6, 6.07) is 1.59. The number of carbonyl (C=O) groups is 3. The van der Waals surface area contributed by atoms with Crippen LogP contribution in [0.15, 0.2) is 12.3 Å². The Labute approximate surface area is 166 Å². The Morgan fingerprint density at radius 3 is 2.64 bits per heavy atom. The molecule has 3 heterocycles. The summed E-state index contributed by atoms with van der Waals surface area (Å²) in [4.78, 5) is 39.5. The summed E-state index contributed by atoms with van der Waals surface area (Å²) in [5.41, 5.74) is 1.41. The van der Waals surface area contributed by atoms with Crippen LogP contribution in [0.3, 0.4) is 0 Å². The summed E-state index contributed by atoms with van der Waals surface area (Å²) in [6.45, 7) is 4.76. The smallest absolute Gasteiger partial charge is 0.410 e. The molecule has 1 N–H and O–H groups in total. The molecule has 1 aliphatic heterocycles. The Morgan fingerprint density at radius 1 is 1.25 bits per heavy atom. The molecule has 2 aromatic heterocycles. The molecule has 2 amide bonds. The second-order valence-electron chi connectivity index (χ2n) is 6.13. The quantitative estimate of drug-likeness (QED) is 0.765. The number of anilines is 1. The normalized spacial score (nSPS) is 13.0. The Hall–Kier alpha value is -2.88. The first-order valence-corrected chi connectivity index (χ1v) is 9.80. The van der Waals surface area contributed by atoms with Crippen LogP contribution in [0, 0.1) is 0 Å². The fourth-order valence-electron chi connectivity index (χ4n) is 2.98. The highest BCUT2D eigenvalue weighted by molar-refractivity contribution is 7.17. The van der Waals surface area contributed by atoms with Crippen molar-refractivity contribution < 1.29 is 23.9 Å². The van der Waals surface area contributed by atoms with Crippen molar-refractivity contribution in [3.63, 3.8) is 0 Å². The maximum Gasteiger partial charge on any atom is 0.410 e. The number of esters is 1. The molecule has 3 rings (SSSR count). The van der Waals surface area contributed by atoms with Gasteiger partial charge in [0.2, 0.25) is 0 Å². The lowest BCUT2D eigenvalue weighted by Gasteiger charge is -2.26. The van der Waals surface area contributed by atoms with Gasteiger partial charge in [-0.2, -0.15) is 5.10 Å². The molecule has 9 nitrogen and oxygen atoms in total. The van der Waals surface area contributed by atoms with Crippen LogP contribution in [-0.4, -0.2) is 52.4 Å². The number of hydrogen-bond acceptors (Lipinski definition) is 7. The van der Waals surface area contributed by atoms with Gasteiger partial charge in [0.1, 0.15) is 5.00 Å². The minimum atomic E-state index is -0.485. The van der Waals surface area contributed by atoms with Crippen LogP contribution in [-0.2, 0) is 29.5 Å². The number of rotatable bonds is 5. The van der Waals surface area contributed by atoms with Crippen molar-refractivity contribution >= 4 is 34.3 Å². The first kappa shape index (κ1) is 19.9. The van der Waals surface area contributed by atoms with Gasteiger partial charge in [-0.05, 0) is 31.9 Å². The van der Waals surface area contributed by atoms with Gasteiger partial charge in [-0.15, -0.1) is 11.3 Å². The van der Waals surface area contributed by atoms with E-state index in [0.717, 1.165) is 10.4 Å². The highest BCUT2D eigenvalue weighted by Crippen LogP contribution is 2.38. The van der Waals surface area contributed by atoms with Crippen LogP contribution in [0.2, 0.25) is 0 Å². The summed E-state index contributed by atoms with van der Waals surface area (Å²) in [6.07, 6.45) is 1.76. The number of aryl methyl sites for hydroxylation is 1. The molecule has 0 aromatic carbocycles. The van der Waals surface area contributed by atoms with E-state index in [1.807, 2.05) is 0 Å². The van der Waals surface area contributed by atoms with E-state index >= 15 is 0 Å². The number of amides is 2. The monoisotopic (exact) mass is 406 g/mol. The van der Waals surface area contributed by atoms with Gasteiger partial charge in [-0.25, -0.2) is 9.59 Å². The first-order valence-electron chi connectivity index (χ1n) is 8.98. The zero-order valence-corrected chi connectivity index (χ0v) is 16.8. The highest BCUT2D eigenvalue weighted by atomic mass is 32.1. The van der Waals surface area contributed by atoms with Crippen LogP contribution < -0.4 is 5.32 Å². The lowest BCUT2D eigenvalue weighted by molar-refractivity contribution is 0.0526. The standard InChI is InChI=1S/C18H22N4O5S/c1-4-26-17(24)14-11-6-9-22(18(25)27-5-2)10-13(11)28-16(14)19-15(23)12-7-8-21(3)20-12/h7-8H,4-6,9-10H2,1-3H3,(H,19,23). The number of nitrogens with zero attached hydrogens (tertiary/aromatic N) is 3. The number of hydrogen-bond donors (Lipinski definition) is 1. The molecule has 28 heavy (non-hydrogen) atoms. The third-order valence-corrected chi connectivity index (χ3v) is 5.37. The molecule has 1 aliphatic rings. The maximum absolute atomic E-state index is 12.5. The zero-order valence-electron chi connectivity index (χ0n) is 16.0. The largest absolute Gasteiger partial charge is 0.462 e. The van der Waals surface area contributed by atoms with E-state index in [-0.39, 0.29) is 12.3 Å². The third kappa shape index (κ3) is 4.01. The average molecular weight is 406 g/mol. The summed E-state index contributed by atoms with van der Waals surface area (Å²) in [5, 5.41) is 7.26. The minimum Gasteiger partial charge on any atom is -0.462 e. The van der Waals surface area contributed by atoms with E-state index in [1.165, 1.54) is 16.0 Å². The van der Waals surface area contributed by atoms with Crippen molar-refractivity contribution in [2.45, 2.75) is 26.8 Å². The van der Waals surface area contributed by atoms with Crippen molar-refractivity contribution in [3.05, 3.63) is 34.0 Å². The molecule has 2 aromatic rings. The van der Waals surface area contributed by atoms with Gasteiger partial charge in [0.25, 0.3) is 5.91 Å². The summed E-state index contributed by atoms with van der Waals surface area (Å²) < 4.78 is 11.8. The van der Waals surface area contributed by atoms with E-state index in [1.54, 1.807) is 38.1 Å². The maximum atomic E-state index is 12.5. The SMILES string of the molecule is CCOC(=O)c1c(NC(=O)c2ccn(C)n2)sc2c1CCN(C(=O)OCC)C2. The molecule has 10 heteroatoms. The second kappa shape index (κ2) is 8.42. The molecule has 0 radical (unpaired) electrons. The van der Waals surface area contributed by atoms with Crippen molar-refractivity contribution in [1.29, 1.82) is 0 Å². The fraction of sp³-hybridized carbons (Fsp3) is 0.444. The van der Waals surface area contributed by atoms with E-state index in [2.05, 4.69) is 10.4 Å². The molecule has 0 fully saturated rings. The molecule has 0 unspecified atom stereocenters. The van der Waals surface area contributed by atoms with Gasteiger partial charge in [0, 0.05) is 24.7 Å². The first-order chi connectivity index (χ1) is 13.4. The van der Waals surface area contributed by atoms with Gasteiger partial charge in [0.05, 0.1) is 25.3 Å². The average Bonchev–Trinajstić information content (AvgIpc) is 3.24. The molecule has 0 aliphatic carbocycles.